The van der Waals surface area contributed by atoms with Gasteiger partial charge in [0, 0.05) is 5.41 Å². The topological polar surface area (TPSA) is 17.1 Å². The molecule has 0 aromatic heterocycles. The molecule has 0 N–H and O–H groups in total. The van der Waals surface area contributed by atoms with E-state index in [1.165, 1.54) is 44.0 Å². The number of aldehydes is 1. The van der Waals surface area contributed by atoms with E-state index in [2.05, 4.69) is 44.2 Å². The van der Waals surface area contributed by atoms with Gasteiger partial charge in [-0.25, -0.2) is 0 Å². The van der Waals surface area contributed by atoms with Crippen molar-refractivity contribution in [3.05, 3.63) is 35.9 Å². The molecule has 0 spiro atoms. The zero-order chi connectivity index (χ0) is 14.9. The maximum absolute atomic E-state index is 11.8. The molecule has 3 rings (SSSR count). The Morgan fingerprint density at radius 1 is 1.24 bits per heavy atom. The predicted octanol–water partition coefficient (Wildman–Crippen LogP) is 5.14. The Balaban J connectivity index is 1.95. The van der Waals surface area contributed by atoms with Crippen LogP contribution in [0, 0.1) is 17.3 Å². The van der Waals surface area contributed by atoms with E-state index in [1.807, 2.05) is 0 Å². The summed E-state index contributed by atoms with van der Waals surface area (Å²) in [6, 6.07) is 11.0. The second kappa shape index (κ2) is 5.59. The van der Waals surface area contributed by atoms with Crippen molar-refractivity contribution < 1.29 is 4.79 Å². The summed E-state index contributed by atoms with van der Waals surface area (Å²) in [6.45, 7) is 4.49. The average Bonchev–Trinajstić information content (AvgIpc) is 2.51. The molecule has 2 fully saturated rings. The molecule has 0 radical (unpaired) electrons. The van der Waals surface area contributed by atoms with Crippen LogP contribution in [0.5, 0.6) is 0 Å². The average molecular weight is 284 g/mol. The fourth-order valence-corrected chi connectivity index (χ4v) is 5.31. The van der Waals surface area contributed by atoms with E-state index < -0.39 is 0 Å². The van der Waals surface area contributed by atoms with E-state index in [9.17, 15) is 4.79 Å². The van der Waals surface area contributed by atoms with Gasteiger partial charge in [-0.1, -0.05) is 57.0 Å². The van der Waals surface area contributed by atoms with Crippen LogP contribution in [-0.2, 0) is 10.2 Å². The molecule has 114 valence electrons. The first-order chi connectivity index (χ1) is 10.1. The minimum absolute atomic E-state index is 0.120. The van der Waals surface area contributed by atoms with Crippen LogP contribution in [0.2, 0.25) is 0 Å². The van der Waals surface area contributed by atoms with Crippen molar-refractivity contribution >= 4 is 6.29 Å². The van der Waals surface area contributed by atoms with Gasteiger partial charge in [-0.15, -0.1) is 0 Å². The number of hydrogen-bond acceptors (Lipinski definition) is 1. The zero-order valence-corrected chi connectivity index (χ0v) is 13.5. The van der Waals surface area contributed by atoms with Crippen LogP contribution < -0.4 is 0 Å². The van der Waals surface area contributed by atoms with Gasteiger partial charge in [0.15, 0.2) is 0 Å². The monoisotopic (exact) mass is 284 g/mol. The maximum atomic E-state index is 11.8. The van der Waals surface area contributed by atoms with Crippen molar-refractivity contribution in [2.24, 2.45) is 17.3 Å². The number of benzene rings is 1. The summed E-state index contributed by atoms with van der Waals surface area (Å²) in [6.07, 6.45) is 9.93. The fourth-order valence-electron chi connectivity index (χ4n) is 5.31. The van der Waals surface area contributed by atoms with Crippen LogP contribution in [0.4, 0.5) is 0 Å². The highest BCUT2D eigenvalue weighted by Crippen LogP contribution is 2.58. The molecular weight excluding hydrogens is 256 g/mol. The van der Waals surface area contributed by atoms with Gasteiger partial charge < -0.3 is 4.79 Å². The second-order valence-electron chi connectivity index (χ2n) is 7.85. The quantitative estimate of drug-likeness (QED) is 0.700. The van der Waals surface area contributed by atoms with E-state index in [0.717, 1.165) is 24.7 Å². The predicted molar refractivity (Wildman–Crippen MR) is 87.3 cm³/mol. The normalized spacial score (nSPS) is 39.0. The van der Waals surface area contributed by atoms with Crippen molar-refractivity contribution in [2.45, 2.75) is 64.2 Å². The van der Waals surface area contributed by atoms with Crippen molar-refractivity contribution in [1.29, 1.82) is 0 Å². The Morgan fingerprint density at radius 2 is 2.00 bits per heavy atom. The highest BCUT2D eigenvalue weighted by molar-refractivity contribution is 5.60. The van der Waals surface area contributed by atoms with Crippen LogP contribution >= 0.6 is 0 Å². The zero-order valence-electron chi connectivity index (χ0n) is 13.5. The Morgan fingerprint density at radius 3 is 2.67 bits per heavy atom. The van der Waals surface area contributed by atoms with Gasteiger partial charge >= 0.3 is 0 Å². The Labute approximate surface area is 129 Å². The van der Waals surface area contributed by atoms with Crippen molar-refractivity contribution in [3.63, 3.8) is 0 Å². The van der Waals surface area contributed by atoms with Crippen LogP contribution in [0.25, 0.3) is 0 Å². The molecule has 2 aliphatic carbocycles. The van der Waals surface area contributed by atoms with Gasteiger partial charge in [0.2, 0.25) is 0 Å². The molecule has 1 aromatic rings. The summed E-state index contributed by atoms with van der Waals surface area (Å²) >= 11 is 0. The number of carbonyl (C=O) groups is 1. The highest BCUT2D eigenvalue weighted by atomic mass is 16.1. The number of rotatable bonds is 4. The first kappa shape index (κ1) is 14.8. The van der Waals surface area contributed by atoms with E-state index in [0.29, 0.717) is 0 Å². The molecule has 21 heavy (non-hydrogen) atoms. The Kier molecular flexibility index (Phi) is 3.94. The fraction of sp³-hybridized carbons (Fsp3) is 0.650. The molecule has 2 aliphatic rings. The molecule has 2 saturated carbocycles. The van der Waals surface area contributed by atoms with Gasteiger partial charge in [0.1, 0.15) is 6.29 Å². The molecule has 1 nitrogen and oxygen atoms in total. The number of fused-ring (bicyclic) bond motifs is 2. The van der Waals surface area contributed by atoms with Crippen LogP contribution in [0.15, 0.2) is 30.3 Å². The first-order valence-corrected chi connectivity index (χ1v) is 8.63. The lowest BCUT2D eigenvalue weighted by Gasteiger charge is -2.54. The highest BCUT2D eigenvalue weighted by Gasteiger charge is 2.51. The van der Waals surface area contributed by atoms with Gasteiger partial charge in [0.25, 0.3) is 0 Å². The van der Waals surface area contributed by atoms with Gasteiger partial charge in [-0.3, -0.25) is 0 Å². The lowest BCUT2D eigenvalue weighted by atomic mass is 9.50. The first-order valence-electron chi connectivity index (χ1n) is 8.63. The molecule has 0 heterocycles. The van der Waals surface area contributed by atoms with E-state index in [-0.39, 0.29) is 10.8 Å². The van der Waals surface area contributed by atoms with Crippen molar-refractivity contribution in [1.82, 2.24) is 0 Å². The Hall–Kier alpha value is -1.11. The Bertz CT molecular complexity index is 494. The lowest BCUT2D eigenvalue weighted by molar-refractivity contribution is -0.121. The van der Waals surface area contributed by atoms with E-state index in [1.54, 1.807) is 0 Å². The SMILES string of the molecule is CCCC1CCC2(c3ccccc3)CC1CC(C)(C=O)C2. The molecule has 2 bridgehead atoms. The molecule has 0 saturated heterocycles. The molecule has 4 atom stereocenters. The second-order valence-corrected chi connectivity index (χ2v) is 7.85. The maximum Gasteiger partial charge on any atom is 0.125 e. The summed E-state index contributed by atoms with van der Waals surface area (Å²) in [5, 5.41) is 0. The molecule has 1 heteroatoms. The largest absolute Gasteiger partial charge is 0.303 e. The lowest BCUT2D eigenvalue weighted by Crippen LogP contribution is -2.48. The van der Waals surface area contributed by atoms with E-state index in [4.69, 9.17) is 0 Å². The number of hydrogen-bond donors (Lipinski definition) is 0. The number of carbonyl (C=O) groups excluding carboxylic acids is 1. The van der Waals surface area contributed by atoms with Crippen LogP contribution in [0.3, 0.4) is 0 Å². The molecule has 0 amide bonds. The van der Waals surface area contributed by atoms with Crippen molar-refractivity contribution in [3.8, 4) is 0 Å². The molecule has 0 aliphatic heterocycles. The smallest absolute Gasteiger partial charge is 0.125 e. The summed E-state index contributed by atoms with van der Waals surface area (Å²) in [5.74, 6) is 1.58. The summed E-state index contributed by atoms with van der Waals surface area (Å²) < 4.78 is 0. The van der Waals surface area contributed by atoms with E-state index >= 15 is 0 Å². The van der Waals surface area contributed by atoms with Crippen LogP contribution in [-0.4, -0.2) is 6.29 Å². The molecular formula is C20H28O. The minimum atomic E-state index is -0.120. The molecule has 4 unspecified atom stereocenters. The van der Waals surface area contributed by atoms with Gasteiger partial charge in [0.05, 0.1) is 0 Å². The third-order valence-corrected chi connectivity index (χ3v) is 6.11. The van der Waals surface area contributed by atoms with Gasteiger partial charge in [-0.2, -0.15) is 0 Å². The molecule has 1 aromatic carbocycles. The summed E-state index contributed by atoms with van der Waals surface area (Å²) in [7, 11) is 0. The van der Waals surface area contributed by atoms with Crippen LogP contribution in [0.1, 0.15) is 64.4 Å². The summed E-state index contributed by atoms with van der Waals surface area (Å²) in [5.41, 5.74) is 1.60. The van der Waals surface area contributed by atoms with Gasteiger partial charge in [-0.05, 0) is 54.9 Å². The summed E-state index contributed by atoms with van der Waals surface area (Å²) in [4.78, 5) is 11.8. The minimum Gasteiger partial charge on any atom is -0.303 e. The third-order valence-electron chi connectivity index (χ3n) is 6.11. The standard InChI is InChI=1S/C20H28O/c1-3-7-16-10-11-20(18-8-5-4-6-9-18)13-17(16)12-19(2,14-20)15-21/h4-6,8-9,15-17H,3,7,10-14H2,1-2H3. The third kappa shape index (κ3) is 2.67. The van der Waals surface area contributed by atoms with Crippen molar-refractivity contribution in [2.75, 3.05) is 0 Å².